The van der Waals surface area contributed by atoms with E-state index in [0.717, 1.165) is 0 Å². The predicted octanol–water partition coefficient (Wildman–Crippen LogP) is 13.2. The lowest BCUT2D eigenvalue weighted by Crippen LogP contribution is -1.91. The fraction of sp³-hybridized carbons (Fsp3) is 0. The molecule has 10 rings (SSSR count). The zero-order chi connectivity index (χ0) is 44.8. The van der Waals surface area contributed by atoms with E-state index < -0.39 is 72.5 Å². The van der Waals surface area contributed by atoms with Crippen LogP contribution in [-0.4, -0.2) is 0 Å². The standard InChI is InChI=1S/C46H28O/c1-2-11-30-24-34(21-20-29(30)10-1)31-14-9-15-35(25-31)45-37-16-5-7-18-39(37)46(40-19-8-6-17-38(40)45)36-22-23-43-41(27-36)42-26-32-12-3-4-13-33(32)28-44(42)47-43/h1-28H/i1D,2D,3D,4D,10D,11D,12D,13D,20D,21D,22D,23D,24D,26D,27D,28D. The van der Waals surface area contributed by atoms with Crippen molar-refractivity contribution in [2.75, 3.05) is 0 Å². The van der Waals surface area contributed by atoms with Crippen molar-refractivity contribution in [3.63, 3.8) is 0 Å². The Morgan fingerprint density at radius 1 is 0.362 bits per heavy atom. The highest BCUT2D eigenvalue weighted by Crippen LogP contribution is 2.45. The Morgan fingerprint density at radius 2 is 0.915 bits per heavy atom. The molecule has 0 radical (unpaired) electrons. The first kappa shape index (κ1) is 14.9. The Morgan fingerprint density at radius 3 is 1.62 bits per heavy atom. The number of rotatable bonds is 3. The van der Waals surface area contributed by atoms with Crippen LogP contribution in [0.15, 0.2) is 174 Å². The van der Waals surface area contributed by atoms with Crippen LogP contribution in [0, 0.1) is 0 Å². The second-order valence-electron chi connectivity index (χ2n) is 11.2. The minimum absolute atomic E-state index is 0.0128. The van der Waals surface area contributed by atoms with Crippen molar-refractivity contribution in [3.8, 4) is 33.4 Å². The summed E-state index contributed by atoms with van der Waals surface area (Å²) in [7, 11) is 0. The molecule has 218 valence electrons. The van der Waals surface area contributed by atoms with Crippen LogP contribution in [0.3, 0.4) is 0 Å². The molecule has 0 saturated carbocycles. The van der Waals surface area contributed by atoms with Crippen LogP contribution in [-0.2, 0) is 0 Å². The van der Waals surface area contributed by atoms with Crippen molar-refractivity contribution in [3.05, 3.63) is 169 Å². The maximum absolute atomic E-state index is 9.76. The normalized spacial score (nSPS) is 16.6. The Kier molecular flexibility index (Phi) is 3.23. The first-order valence-electron chi connectivity index (χ1n) is 22.9. The van der Waals surface area contributed by atoms with Gasteiger partial charge in [0.1, 0.15) is 11.2 Å². The van der Waals surface area contributed by atoms with E-state index in [1.165, 1.54) is 0 Å². The third-order valence-electron chi connectivity index (χ3n) is 8.51. The lowest BCUT2D eigenvalue weighted by atomic mass is 9.85. The SMILES string of the molecule is [2H]c1c(-c2c3ccccc3c(-c3cccc(-c4c([2H])c([2H])c5c([2H])c([2H])c([2H])c([2H])c5c4[2H])c3)c3ccccc23)c([2H])c2c(oc3c([2H])c4c([2H])c([2H])c([2H])c([2H])c4c([2H])c32)c1[2H]. The van der Waals surface area contributed by atoms with E-state index in [-0.39, 0.29) is 78.8 Å². The van der Waals surface area contributed by atoms with Crippen molar-refractivity contribution >= 4 is 65.0 Å². The summed E-state index contributed by atoms with van der Waals surface area (Å²) >= 11 is 0. The molecule has 0 bridgehead atoms. The molecule has 1 aromatic heterocycles. The van der Waals surface area contributed by atoms with Gasteiger partial charge < -0.3 is 4.42 Å². The molecule has 0 saturated heterocycles. The molecule has 1 heteroatoms. The summed E-state index contributed by atoms with van der Waals surface area (Å²) in [5.74, 6) is 0. The lowest BCUT2D eigenvalue weighted by Gasteiger charge is -2.18. The topological polar surface area (TPSA) is 13.1 Å². The molecule has 0 aliphatic heterocycles. The highest BCUT2D eigenvalue weighted by atomic mass is 16.3. The maximum atomic E-state index is 9.76. The van der Waals surface area contributed by atoms with Crippen LogP contribution in [0.1, 0.15) is 21.9 Å². The van der Waals surface area contributed by atoms with Crippen molar-refractivity contribution in [1.82, 2.24) is 0 Å². The first-order valence-corrected chi connectivity index (χ1v) is 14.9. The summed E-state index contributed by atoms with van der Waals surface area (Å²) in [6.07, 6.45) is 0. The van der Waals surface area contributed by atoms with Gasteiger partial charge >= 0.3 is 0 Å². The van der Waals surface area contributed by atoms with E-state index in [4.69, 9.17) is 19.5 Å². The molecular formula is C46H28O. The number of fused-ring (bicyclic) bond motifs is 7. The van der Waals surface area contributed by atoms with E-state index >= 15 is 0 Å². The van der Waals surface area contributed by atoms with Gasteiger partial charge in [0.2, 0.25) is 0 Å². The largest absolute Gasteiger partial charge is 0.456 e. The van der Waals surface area contributed by atoms with Crippen LogP contribution in [0.5, 0.6) is 0 Å². The fourth-order valence-electron chi connectivity index (χ4n) is 6.45. The van der Waals surface area contributed by atoms with Gasteiger partial charge in [-0.1, -0.05) is 133 Å². The van der Waals surface area contributed by atoms with Gasteiger partial charge in [-0.05, 0) is 113 Å². The minimum Gasteiger partial charge on any atom is -0.456 e. The third kappa shape index (κ3) is 4.10. The van der Waals surface area contributed by atoms with Gasteiger partial charge in [0, 0.05) is 10.8 Å². The van der Waals surface area contributed by atoms with Crippen LogP contribution in [0.4, 0.5) is 0 Å². The molecular weight excluding hydrogens is 569 g/mol. The molecule has 9 aromatic carbocycles. The quantitative estimate of drug-likeness (QED) is 0.181. The molecule has 0 aliphatic carbocycles. The molecule has 0 aliphatic rings. The Balaban J connectivity index is 1.28. The highest BCUT2D eigenvalue weighted by molar-refractivity contribution is 6.22. The van der Waals surface area contributed by atoms with Gasteiger partial charge in [-0.15, -0.1) is 0 Å². The molecule has 0 unspecified atom stereocenters. The fourth-order valence-corrected chi connectivity index (χ4v) is 6.45. The molecule has 0 fully saturated rings. The monoisotopic (exact) mass is 612 g/mol. The van der Waals surface area contributed by atoms with Gasteiger partial charge in [0.15, 0.2) is 0 Å². The maximum Gasteiger partial charge on any atom is 0.136 e. The van der Waals surface area contributed by atoms with Crippen LogP contribution in [0.2, 0.25) is 0 Å². The van der Waals surface area contributed by atoms with Crippen molar-refractivity contribution in [2.45, 2.75) is 0 Å². The summed E-state index contributed by atoms with van der Waals surface area (Å²) in [6.45, 7) is 0. The molecule has 0 spiro atoms. The summed E-state index contributed by atoms with van der Waals surface area (Å²) < 4.78 is 147. The second-order valence-corrected chi connectivity index (χ2v) is 11.2. The van der Waals surface area contributed by atoms with Gasteiger partial charge in [-0.3, -0.25) is 0 Å². The Hall–Kier alpha value is -6.18. The molecule has 0 amide bonds. The number of furan rings is 1. The molecule has 47 heavy (non-hydrogen) atoms. The van der Waals surface area contributed by atoms with Crippen molar-refractivity contribution in [2.24, 2.45) is 0 Å². The van der Waals surface area contributed by atoms with Gasteiger partial charge in [0.05, 0.1) is 21.9 Å². The summed E-state index contributed by atoms with van der Waals surface area (Å²) in [5.41, 5.74) is 1.67. The number of hydrogen-bond donors (Lipinski definition) is 0. The van der Waals surface area contributed by atoms with E-state index in [1.807, 2.05) is 42.5 Å². The second kappa shape index (κ2) is 10.2. The predicted molar refractivity (Wildman–Crippen MR) is 200 cm³/mol. The van der Waals surface area contributed by atoms with Crippen LogP contribution >= 0.6 is 0 Å². The smallest absolute Gasteiger partial charge is 0.136 e. The molecule has 0 N–H and O–H groups in total. The molecule has 1 nitrogen and oxygen atoms in total. The average Bonchev–Trinajstić information content (AvgIpc) is 3.70. The van der Waals surface area contributed by atoms with E-state index in [0.29, 0.717) is 43.8 Å². The van der Waals surface area contributed by atoms with E-state index in [2.05, 4.69) is 0 Å². The average molecular weight is 613 g/mol. The highest BCUT2D eigenvalue weighted by Gasteiger charge is 2.18. The van der Waals surface area contributed by atoms with E-state index in [1.54, 1.807) is 30.3 Å². The Bertz CT molecular complexity index is 3700. The zero-order valence-electron chi connectivity index (χ0n) is 40.3. The van der Waals surface area contributed by atoms with Gasteiger partial charge in [-0.2, -0.15) is 0 Å². The summed E-state index contributed by atoms with van der Waals surface area (Å²) in [5, 5.41) is 1.51. The van der Waals surface area contributed by atoms with E-state index in [9.17, 15) is 6.85 Å². The molecule has 10 aromatic rings. The molecule has 1 heterocycles. The van der Waals surface area contributed by atoms with Crippen molar-refractivity contribution in [1.29, 1.82) is 0 Å². The lowest BCUT2D eigenvalue weighted by molar-refractivity contribution is 0.669. The summed E-state index contributed by atoms with van der Waals surface area (Å²) in [6, 6.07) is 14.2. The van der Waals surface area contributed by atoms with Crippen LogP contribution < -0.4 is 0 Å². The zero-order valence-corrected chi connectivity index (χ0v) is 24.3. The van der Waals surface area contributed by atoms with Gasteiger partial charge in [-0.25, -0.2) is 0 Å². The molecule has 0 atom stereocenters. The Labute approximate surface area is 294 Å². The minimum atomic E-state index is -0.591. The number of hydrogen-bond acceptors (Lipinski definition) is 1. The third-order valence-corrected chi connectivity index (χ3v) is 8.51. The van der Waals surface area contributed by atoms with Crippen molar-refractivity contribution < 1.29 is 26.3 Å². The number of benzene rings is 9. The van der Waals surface area contributed by atoms with Gasteiger partial charge in [0.25, 0.3) is 0 Å². The van der Waals surface area contributed by atoms with Crippen LogP contribution in [0.25, 0.3) is 98.4 Å². The summed E-state index contributed by atoms with van der Waals surface area (Å²) in [4.78, 5) is 0. The first-order chi connectivity index (χ1) is 30.0.